The Kier molecular flexibility index (Phi) is 6.65. The summed E-state index contributed by atoms with van der Waals surface area (Å²) >= 11 is 0. The van der Waals surface area contributed by atoms with Crippen LogP contribution in [0.5, 0.6) is 23.1 Å². The Labute approximate surface area is 229 Å². The standard InChI is InChI=1S/C30H27N5O5/c1-38-25-16-21-22(17-26(25)39-2)31-14-13-24(21)40-27-12-11-19(18-32-27)33-29(36)28-23-10-6-7-15-34(23)35(30(28)37)20-8-4-3-5-9-20/h3-5,8-9,11-14,16-18H,6-7,10,15H2,1-2H3,(H,33,36). The molecule has 202 valence electrons. The van der Waals surface area contributed by atoms with Crippen LogP contribution < -0.4 is 25.1 Å². The summed E-state index contributed by atoms with van der Waals surface area (Å²) < 4.78 is 20.3. The van der Waals surface area contributed by atoms with Gasteiger partial charge in [-0.2, -0.15) is 0 Å². The maximum Gasteiger partial charge on any atom is 0.284 e. The maximum atomic E-state index is 13.5. The van der Waals surface area contributed by atoms with E-state index in [9.17, 15) is 9.59 Å². The van der Waals surface area contributed by atoms with Crippen LogP contribution in [0.25, 0.3) is 16.6 Å². The SMILES string of the molecule is COc1cc2nccc(Oc3ccc(NC(=O)c4c5n(n(-c6ccccc6)c4=O)CCCC5)cn3)c2cc1OC. The molecule has 6 rings (SSSR count). The Bertz CT molecular complexity index is 1760. The summed E-state index contributed by atoms with van der Waals surface area (Å²) in [6.45, 7) is 0.683. The minimum Gasteiger partial charge on any atom is -0.493 e. The van der Waals surface area contributed by atoms with Gasteiger partial charge in [0, 0.05) is 30.3 Å². The Hall–Kier alpha value is -5.12. The molecule has 5 aromatic rings. The lowest BCUT2D eigenvalue weighted by molar-refractivity contribution is 0.102. The molecule has 0 atom stereocenters. The third-order valence-electron chi connectivity index (χ3n) is 6.92. The number of fused-ring (bicyclic) bond motifs is 2. The van der Waals surface area contributed by atoms with E-state index < -0.39 is 5.91 Å². The molecule has 0 spiro atoms. The van der Waals surface area contributed by atoms with E-state index in [1.165, 1.54) is 6.20 Å². The quantitative estimate of drug-likeness (QED) is 0.312. The first-order valence-electron chi connectivity index (χ1n) is 12.9. The van der Waals surface area contributed by atoms with E-state index in [1.54, 1.807) is 55.4 Å². The van der Waals surface area contributed by atoms with Crippen LogP contribution in [0.15, 0.2) is 77.9 Å². The lowest BCUT2D eigenvalue weighted by Crippen LogP contribution is -2.25. The number of aromatic nitrogens is 4. The number of hydrogen-bond acceptors (Lipinski definition) is 7. The molecule has 10 nitrogen and oxygen atoms in total. The number of anilines is 1. The minimum absolute atomic E-state index is 0.163. The zero-order chi connectivity index (χ0) is 27.6. The molecule has 40 heavy (non-hydrogen) atoms. The molecule has 0 fully saturated rings. The van der Waals surface area contributed by atoms with Crippen molar-refractivity contribution in [3.05, 3.63) is 94.7 Å². The van der Waals surface area contributed by atoms with Crippen molar-refractivity contribution >= 4 is 22.5 Å². The molecule has 4 heterocycles. The first kappa shape index (κ1) is 25.2. The third-order valence-corrected chi connectivity index (χ3v) is 6.92. The van der Waals surface area contributed by atoms with E-state index in [1.807, 2.05) is 35.0 Å². The van der Waals surface area contributed by atoms with E-state index >= 15 is 0 Å². The molecule has 0 bridgehead atoms. The molecule has 0 saturated heterocycles. The van der Waals surface area contributed by atoms with Crippen LogP contribution in [0.1, 0.15) is 28.9 Å². The van der Waals surface area contributed by atoms with E-state index in [-0.39, 0.29) is 11.1 Å². The highest BCUT2D eigenvalue weighted by Crippen LogP contribution is 2.36. The third kappa shape index (κ3) is 4.53. The van der Waals surface area contributed by atoms with Crippen molar-refractivity contribution in [2.75, 3.05) is 19.5 Å². The van der Waals surface area contributed by atoms with Gasteiger partial charge < -0.3 is 19.5 Å². The highest BCUT2D eigenvalue weighted by molar-refractivity contribution is 6.05. The molecule has 3 aromatic heterocycles. The van der Waals surface area contributed by atoms with Gasteiger partial charge in [-0.05, 0) is 49.6 Å². The van der Waals surface area contributed by atoms with Gasteiger partial charge in [-0.15, -0.1) is 0 Å². The van der Waals surface area contributed by atoms with Crippen molar-refractivity contribution in [1.29, 1.82) is 0 Å². The van der Waals surface area contributed by atoms with Crippen LogP contribution in [-0.4, -0.2) is 39.5 Å². The second kappa shape index (κ2) is 10.6. The van der Waals surface area contributed by atoms with Crippen molar-refractivity contribution in [2.24, 2.45) is 0 Å². The zero-order valence-electron chi connectivity index (χ0n) is 22.1. The van der Waals surface area contributed by atoms with Crippen LogP contribution in [-0.2, 0) is 13.0 Å². The van der Waals surface area contributed by atoms with Gasteiger partial charge in [-0.25, -0.2) is 9.67 Å². The topological polar surface area (TPSA) is 110 Å². The lowest BCUT2D eigenvalue weighted by atomic mass is 10.1. The number of pyridine rings is 2. The first-order chi connectivity index (χ1) is 19.6. The van der Waals surface area contributed by atoms with Gasteiger partial charge in [0.05, 0.1) is 43.0 Å². The average molecular weight is 538 g/mol. The Balaban J connectivity index is 1.25. The fourth-order valence-electron chi connectivity index (χ4n) is 5.04. The second-order valence-corrected chi connectivity index (χ2v) is 9.33. The summed E-state index contributed by atoms with van der Waals surface area (Å²) in [5, 5.41) is 3.57. The van der Waals surface area contributed by atoms with E-state index in [0.29, 0.717) is 47.3 Å². The van der Waals surface area contributed by atoms with Gasteiger partial charge in [0.25, 0.3) is 11.5 Å². The van der Waals surface area contributed by atoms with Gasteiger partial charge in [0.15, 0.2) is 11.5 Å². The lowest BCUT2D eigenvalue weighted by Gasteiger charge is -2.19. The first-order valence-corrected chi connectivity index (χ1v) is 12.9. The number of nitrogens with zero attached hydrogens (tertiary/aromatic N) is 4. The number of para-hydroxylation sites is 1. The Morgan fingerprint density at radius 3 is 2.48 bits per heavy atom. The maximum absolute atomic E-state index is 13.5. The summed E-state index contributed by atoms with van der Waals surface area (Å²) in [5.41, 5.74) is 2.45. The van der Waals surface area contributed by atoms with E-state index in [2.05, 4.69) is 15.3 Å². The average Bonchev–Trinajstić information content (AvgIpc) is 3.29. The smallest absolute Gasteiger partial charge is 0.284 e. The summed E-state index contributed by atoms with van der Waals surface area (Å²) in [4.78, 5) is 35.6. The predicted octanol–water partition coefficient (Wildman–Crippen LogP) is 4.98. The van der Waals surface area contributed by atoms with Crippen LogP contribution in [0, 0.1) is 0 Å². The predicted molar refractivity (Wildman–Crippen MR) is 150 cm³/mol. The minimum atomic E-state index is -0.457. The number of methoxy groups -OCH3 is 2. The molecule has 0 unspecified atom stereocenters. The van der Waals surface area contributed by atoms with Gasteiger partial charge in [0.1, 0.15) is 11.3 Å². The second-order valence-electron chi connectivity index (χ2n) is 9.33. The number of ether oxygens (including phenoxy) is 3. The van der Waals surface area contributed by atoms with Gasteiger partial charge >= 0.3 is 0 Å². The van der Waals surface area contributed by atoms with E-state index in [0.717, 1.165) is 29.6 Å². The summed E-state index contributed by atoms with van der Waals surface area (Å²) in [6.07, 6.45) is 5.68. The number of carbonyl (C=O) groups excluding carboxylic acids is 1. The highest BCUT2D eigenvalue weighted by Gasteiger charge is 2.27. The molecule has 10 heteroatoms. The molecule has 1 N–H and O–H groups in total. The molecule has 0 saturated carbocycles. The van der Waals surface area contributed by atoms with E-state index in [4.69, 9.17) is 14.2 Å². The molecule has 1 amide bonds. The van der Waals surface area contributed by atoms with Crippen molar-refractivity contribution < 1.29 is 19.0 Å². The van der Waals surface area contributed by atoms with Crippen molar-refractivity contribution in [2.45, 2.75) is 25.8 Å². The van der Waals surface area contributed by atoms with Crippen LogP contribution in [0.3, 0.4) is 0 Å². The fraction of sp³-hybridized carbons (Fsp3) is 0.200. The molecular formula is C30H27N5O5. The summed E-state index contributed by atoms with van der Waals surface area (Å²) in [6, 6.07) is 18.0. The van der Waals surface area contributed by atoms with Crippen molar-refractivity contribution in [3.63, 3.8) is 0 Å². The molecule has 1 aliphatic rings. The largest absolute Gasteiger partial charge is 0.493 e. The number of hydrogen-bond donors (Lipinski definition) is 1. The number of rotatable bonds is 7. The summed E-state index contributed by atoms with van der Waals surface area (Å²) in [7, 11) is 3.13. The molecular weight excluding hydrogens is 510 g/mol. The van der Waals surface area contributed by atoms with Gasteiger partial charge in [-0.1, -0.05) is 18.2 Å². The highest BCUT2D eigenvalue weighted by atomic mass is 16.5. The Morgan fingerprint density at radius 1 is 0.925 bits per heavy atom. The van der Waals surface area contributed by atoms with Crippen LogP contribution in [0.2, 0.25) is 0 Å². The Morgan fingerprint density at radius 2 is 1.73 bits per heavy atom. The van der Waals surface area contributed by atoms with Crippen molar-refractivity contribution in [3.8, 4) is 28.8 Å². The number of nitrogens with one attached hydrogen (secondary N) is 1. The number of carbonyl (C=O) groups is 1. The summed E-state index contributed by atoms with van der Waals surface area (Å²) in [5.74, 6) is 1.53. The molecule has 0 aliphatic carbocycles. The number of amides is 1. The van der Waals surface area contributed by atoms with Crippen LogP contribution >= 0.6 is 0 Å². The molecule has 0 radical (unpaired) electrons. The fourth-order valence-corrected chi connectivity index (χ4v) is 5.04. The van der Waals surface area contributed by atoms with Crippen LogP contribution in [0.4, 0.5) is 5.69 Å². The zero-order valence-corrected chi connectivity index (χ0v) is 22.1. The van der Waals surface area contributed by atoms with Gasteiger partial charge in [0.2, 0.25) is 5.88 Å². The van der Waals surface area contributed by atoms with Crippen molar-refractivity contribution in [1.82, 2.24) is 19.3 Å². The number of benzene rings is 2. The monoisotopic (exact) mass is 537 g/mol. The normalized spacial score (nSPS) is 12.6. The molecule has 2 aromatic carbocycles. The van der Waals surface area contributed by atoms with Gasteiger partial charge in [-0.3, -0.25) is 19.3 Å². The molecule has 1 aliphatic heterocycles.